The summed E-state index contributed by atoms with van der Waals surface area (Å²) in [4.78, 5) is 14.8. The van der Waals surface area contributed by atoms with Gasteiger partial charge in [-0.2, -0.15) is 0 Å². The van der Waals surface area contributed by atoms with Crippen LogP contribution in [0.3, 0.4) is 0 Å². The highest BCUT2D eigenvalue weighted by atomic mass is 16.4. The van der Waals surface area contributed by atoms with Gasteiger partial charge in [0.2, 0.25) is 0 Å². The Hall–Kier alpha value is -1.32. The minimum Gasteiger partial charge on any atom is -0.477 e. The number of aromatic nitrogens is 2. The molecule has 0 spiro atoms. The second kappa shape index (κ2) is 2.97. The summed E-state index contributed by atoms with van der Waals surface area (Å²) in [5, 5.41) is 8.82. The Morgan fingerprint density at radius 2 is 2.25 bits per heavy atom. The molecule has 0 atom stereocenters. The maximum absolute atomic E-state index is 10.7. The van der Waals surface area contributed by atoms with Crippen LogP contribution in [0.5, 0.6) is 0 Å². The molecule has 0 saturated carbocycles. The van der Waals surface area contributed by atoms with Gasteiger partial charge in [0, 0.05) is 7.05 Å². The predicted molar refractivity (Wildman–Crippen MR) is 44.3 cm³/mol. The van der Waals surface area contributed by atoms with Crippen LogP contribution >= 0.6 is 0 Å². The average Bonchev–Trinajstić information content (AvgIpc) is 2.30. The maximum Gasteiger partial charge on any atom is 0.354 e. The van der Waals surface area contributed by atoms with E-state index in [0.717, 1.165) is 0 Å². The fraction of sp³-hybridized carbons (Fsp3) is 0.500. The molecular formula is C8H12N2O2. The molecule has 12 heavy (non-hydrogen) atoms. The molecule has 0 radical (unpaired) electrons. The molecule has 66 valence electrons. The molecule has 4 nitrogen and oxygen atoms in total. The first-order chi connectivity index (χ1) is 5.54. The molecule has 1 aromatic rings. The Morgan fingerprint density at radius 3 is 2.58 bits per heavy atom. The van der Waals surface area contributed by atoms with Gasteiger partial charge in [-0.15, -0.1) is 0 Å². The van der Waals surface area contributed by atoms with E-state index in [1.54, 1.807) is 7.05 Å². The number of carboxylic acid groups (broad SMARTS) is 1. The Bertz CT molecular complexity index is 302. The summed E-state index contributed by atoms with van der Waals surface area (Å²) in [5.41, 5.74) is 0.926. The van der Waals surface area contributed by atoms with Crippen molar-refractivity contribution in [3.8, 4) is 0 Å². The quantitative estimate of drug-likeness (QED) is 0.722. The highest BCUT2D eigenvalue weighted by Crippen LogP contribution is 2.16. The van der Waals surface area contributed by atoms with Gasteiger partial charge in [0.25, 0.3) is 0 Å². The van der Waals surface area contributed by atoms with E-state index in [-0.39, 0.29) is 11.6 Å². The van der Waals surface area contributed by atoms with Gasteiger partial charge in [0.1, 0.15) is 5.69 Å². The lowest BCUT2D eigenvalue weighted by molar-refractivity contribution is 0.0684. The van der Waals surface area contributed by atoms with Crippen molar-refractivity contribution in [2.75, 3.05) is 0 Å². The third kappa shape index (κ3) is 1.32. The minimum atomic E-state index is -0.918. The Kier molecular flexibility index (Phi) is 2.17. The van der Waals surface area contributed by atoms with Crippen molar-refractivity contribution in [1.29, 1.82) is 0 Å². The van der Waals surface area contributed by atoms with Gasteiger partial charge in [-0.3, -0.25) is 0 Å². The number of aryl methyl sites for hydroxylation is 1. The van der Waals surface area contributed by atoms with Crippen molar-refractivity contribution in [1.82, 2.24) is 9.55 Å². The summed E-state index contributed by atoms with van der Waals surface area (Å²) in [6, 6.07) is 0. The van der Waals surface area contributed by atoms with E-state index in [2.05, 4.69) is 4.98 Å². The fourth-order valence-electron chi connectivity index (χ4n) is 1.13. The van der Waals surface area contributed by atoms with Crippen LogP contribution in [0.2, 0.25) is 0 Å². The number of carbonyl (C=O) groups is 1. The second-order valence-electron chi connectivity index (χ2n) is 3.05. The van der Waals surface area contributed by atoms with E-state index in [9.17, 15) is 4.79 Å². The molecule has 4 heteroatoms. The summed E-state index contributed by atoms with van der Waals surface area (Å²) in [5.74, 6) is -0.768. The van der Waals surface area contributed by atoms with Gasteiger partial charge in [-0.05, 0) is 5.92 Å². The van der Waals surface area contributed by atoms with Gasteiger partial charge in [0.05, 0.1) is 12.0 Å². The largest absolute Gasteiger partial charge is 0.477 e. The molecule has 0 unspecified atom stereocenters. The van der Waals surface area contributed by atoms with Crippen LogP contribution in [0.25, 0.3) is 0 Å². The topological polar surface area (TPSA) is 55.1 Å². The van der Waals surface area contributed by atoms with Crippen LogP contribution in [0.15, 0.2) is 6.33 Å². The third-order valence-electron chi connectivity index (χ3n) is 1.71. The summed E-state index contributed by atoms with van der Waals surface area (Å²) in [7, 11) is 1.68. The van der Waals surface area contributed by atoms with Gasteiger partial charge >= 0.3 is 5.97 Å². The zero-order valence-corrected chi connectivity index (χ0v) is 7.40. The molecule has 1 rings (SSSR count). The van der Waals surface area contributed by atoms with E-state index in [0.29, 0.717) is 5.69 Å². The van der Waals surface area contributed by atoms with Gasteiger partial charge in [-0.25, -0.2) is 9.78 Å². The molecule has 1 heterocycles. The van der Waals surface area contributed by atoms with Crippen LogP contribution in [-0.2, 0) is 7.05 Å². The third-order valence-corrected chi connectivity index (χ3v) is 1.71. The average molecular weight is 168 g/mol. The first-order valence-corrected chi connectivity index (χ1v) is 3.78. The lowest BCUT2D eigenvalue weighted by Gasteiger charge is -2.02. The molecule has 0 aliphatic carbocycles. The molecule has 0 fully saturated rings. The lowest BCUT2D eigenvalue weighted by Crippen LogP contribution is -2.07. The van der Waals surface area contributed by atoms with Crippen LogP contribution in [0.4, 0.5) is 0 Å². The Balaban J connectivity index is 3.21. The second-order valence-corrected chi connectivity index (χ2v) is 3.05. The first-order valence-electron chi connectivity index (χ1n) is 3.78. The van der Waals surface area contributed by atoms with E-state index < -0.39 is 5.97 Å². The molecule has 0 aliphatic rings. The smallest absolute Gasteiger partial charge is 0.354 e. The van der Waals surface area contributed by atoms with E-state index in [1.807, 2.05) is 13.8 Å². The molecule has 1 N–H and O–H groups in total. The standard InChI is InChI=1S/C8H12N2O2/c1-5(2)6-7(8(11)12)10(3)4-9-6/h4-5H,1-3H3,(H,11,12). The summed E-state index contributed by atoms with van der Waals surface area (Å²) >= 11 is 0. The fourth-order valence-corrected chi connectivity index (χ4v) is 1.13. The van der Waals surface area contributed by atoms with Gasteiger partial charge in [-0.1, -0.05) is 13.8 Å². The Labute approximate surface area is 70.9 Å². The van der Waals surface area contributed by atoms with Crippen LogP contribution < -0.4 is 0 Å². The van der Waals surface area contributed by atoms with E-state index in [1.165, 1.54) is 10.9 Å². The van der Waals surface area contributed by atoms with Crippen molar-refractivity contribution in [2.45, 2.75) is 19.8 Å². The number of rotatable bonds is 2. The normalized spacial score (nSPS) is 10.7. The number of hydrogen-bond acceptors (Lipinski definition) is 2. The van der Waals surface area contributed by atoms with Crippen LogP contribution in [0, 0.1) is 0 Å². The molecule has 1 aromatic heterocycles. The summed E-state index contributed by atoms with van der Waals surface area (Å²) < 4.78 is 1.53. The molecule has 0 saturated heterocycles. The predicted octanol–water partition coefficient (Wildman–Crippen LogP) is 1.24. The number of imidazole rings is 1. The highest BCUT2D eigenvalue weighted by Gasteiger charge is 2.17. The maximum atomic E-state index is 10.7. The molecule has 0 bridgehead atoms. The van der Waals surface area contributed by atoms with E-state index >= 15 is 0 Å². The number of aromatic carboxylic acids is 1. The van der Waals surface area contributed by atoms with Crippen molar-refractivity contribution < 1.29 is 9.90 Å². The molecule has 0 aliphatic heterocycles. The number of hydrogen-bond donors (Lipinski definition) is 1. The molecule has 0 amide bonds. The lowest BCUT2D eigenvalue weighted by atomic mass is 10.1. The summed E-state index contributed by atoms with van der Waals surface area (Å²) in [6.07, 6.45) is 1.53. The zero-order valence-electron chi connectivity index (χ0n) is 7.40. The SMILES string of the molecule is CC(C)c1ncn(C)c1C(=O)O. The van der Waals surface area contributed by atoms with Crippen molar-refractivity contribution in [3.63, 3.8) is 0 Å². The molecular weight excluding hydrogens is 156 g/mol. The Morgan fingerprint density at radius 1 is 1.67 bits per heavy atom. The number of carboxylic acids is 1. The van der Waals surface area contributed by atoms with Gasteiger partial charge in [0.15, 0.2) is 0 Å². The zero-order chi connectivity index (χ0) is 9.30. The minimum absolute atomic E-state index is 0.150. The van der Waals surface area contributed by atoms with Crippen molar-refractivity contribution in [2.24, 2.45) is 7.05 Å². The van der Waals surface area contributed by atoms with Crippen LogP contribution in [0.1, 0.15) is 35.9 Å². The van der Waals surface area contributed by atoms with Gasteiger partial charge < -0.3 is 9.67 Å². The number of nitrogens with zero attached hydrogens (tertiary/aromatic N) is 2. The highest BCUT2D eigenvalue weighted by molar-refractivity contribution is 5.87. The monoisotopic (exact) mass is 168 g/mol. The van der Waals surface area contributed by atoms with Crippen molar-refractivity contribution >= 4 is 5.97 Å². The summed E-state index contributed by atoms with van der Waals surface area (Å²) in [6.45, 7) is 3.85. The van der Waals surface area contributed by atoms with E-state index in [4.69, 9.17) is 5.11 Å². The van der Waals surface area contributed by atoms with Crippen molar-refractivity contribution in [3.05, 3.63) is 17.7 Å². The first kappa shape index (κ1) is 8.77. The van der Waals surface area contributed by atoms with Crippen LogP contribution in [-0.4, -0.2) is 20.6 Å². The molecule has 0 aromatic carbocycles.